The van der Waals surface area contributed by atoms with Crippen molar-refractivity contribution in [3.05, 3.63) is 35.4 Å². The maximum absolute atomic E-state index is 13.5. The molecule has 1 aromatic rings. The molecule has 126 valence electrons. The predicted octanol–water partition coefficient (Wildman–Crippen LogP) is 3.18. The lowest BCUT2D eigenvalue weighted by Gasteiger charge is -2.37. The van der Waals surface area contributed by atoms with E-state index in [2.05, 4.69) is 0 Å². The van der Waals surface area contributed by atoms with Crippen LogP contribution in [0.3, 0.4) is 0 Å². The zero-order valence-electron chi connectivity index (χ0n) is 13.5. The zero-order valence-corrected chi connectivity index (χ0v) is 13.5. The van der Waals surface area contributed by atoms with Crippen LogP contribution in [0.25, 0.3) is 0 Å². The summed E-state index contributed by atoms with van der Waals surface area (Å²) in [7, 11) is 0. The number of ether oxygens (including phenoxy) is 1. The Hall–Kier alpha value is -1.69. The van der Waals surface area contributed by atoms with Crippen LogP contribution in [0.5, 0.6) is 0 Å². The topological polar surface area (TPSA) is 49.8 Å². The lowest BCUT2D eigenvalue weighted by atomic mass is 9.88. The third kappa shape index (κ3) is 3.04. The molecule has 1 heterocycles. The largest absolute Gasteiger partial charge is 0.444 e. The number of halogens is 2. The summed E-state index contributed by atoms with van der Waals surface area (Å²) >= 11 is 0. The molecular formula is C17H21F2NO3. The molecule has 1 amide bonds. The first kappa shape index (κ1) is 16.2. The van der Waals surface area contributed by atoms with Crippen LogP contribution in [-0.2, 0) is 10.2 Å². The lowest BCUT2D eigenvalue weighted by Crippen LogP contribution is -2.50. The van der Waals surface area contributed by atoms with Crippen LogP contribution >= 0.6 is 0 Å². The molecule has 1 aliphatic heterocycles. The molecule has 1 N–H and O–H groups in total. The van der Waals surface area contributed by atoms with Crippen LogP contribution < -0.4 is 0 Å². The molecule has 0 aromatic heterocycles. The molecular weight excluding hydrogens is 304 g/mol. The van der Waals surface area contributed by atoms with Gasteiger partial charge >= 0.3 is 6.09 Å². The average Bonchev–Trinajstić information content (AvgIpc) is 3.09. The van der Waals surface area contributed by atoms with Crippen LogP contribution in [0.1, 0.15) is 39.2 Å². The summed E-state index contributed by atoms with van der Waals surface area (Å²) in [4.78, 5) is 13.6. The van der Waals surface area contributed by atoms with Crippen molar-refractivity contribution in [2.75, 3.05) is 6.54 Å². The van der Waals surface area contributed by atoms with Crippen molar-refractivity contribution in [1.82, 2.24) is 4.90 Å². The third-order valence-electron chi connectivity index (χ3n) is 4.61. The maximum atomic E-state index is 13.5. The van der Waals surface area contributed by atoms with Crippen molar-refractivity contribution in [3.8, 4) is 0 Å². The highest BCUT2D eigenvalue weighted by molar-refractivity contribution is 5.69. The van der Waals surface area contributed by atoms with Gasteiger partial charge in [0.15, 0.2) is 0 Å². The van der Waals surface area contributed by atoms with Crippen LogP contribution in [0.4, 0.5) is 13.6 Å². The van der Waals surface area contributed by atoms with Crippen molar-refractivity contribution in [2.24, 2.45) is 5.92 Å². The van der Waals surface area contributed by atoms with Gasteiger partial charge < -0.3 is 9.84 Å². The molecule has 2 aliphatic rings. The molecule has 23 heavy (non-hydrogen) atoms. The Balaban J connectivity index is 1.85. The number of aliphatic hydroxyl groups is 1. The first-order valence-corrected chi connectivity index (χ1v) is 7.75. The Morgan fingerprint density at radius 1 is 1.30 bits per heavy atom. The molecule has 0 spiro atoms. The Kier molecular flexibility index (Phi) is 3.63. The number of nitrogens with zero attached hydrogens (tertiary/aromatic N) is 1. The highest BCUT2D eigenvalue weighted by Crippen LogP contribution is 2.59. The SMILES string of the molecule is CC(C)(C)OC(=O)N1CC2(c3cc(F)cc(F)c3)CC2CC1O. The van der Waals surface area contributed by atoms with Crippen LogP contribution in [-0.4, -0.2) is 34.5 Å². The molecule has 1 saturated carbocycles. The molecule has 3 unspecified atom stereocenters. The molecule has 1 aromatic carbocycles. The maximum Gasteiger partial charge on any atom is 0.412 e. The van der Waals surface area contributed by atoms with E-state index in [4.69, 9.17) is 4.74 Å². The van der Waals surface area contributed by atoms with E-state index in [0.29, 0.717) is 18.4 Å². The third-order valence-corrected chi connectivity index (χ3v) is 4.61. The smallest absolute Gasteiger partial charge is 0.412 e. The minimum Gasteiger partial charge on any atom is -0.444 e. The van der Waals surface area contributed by atoms with Crippen molar-refractivity contribution in [3.63, 3.8) is 0 Å². The van der Waals surface area contributed by atoms with Crippen molar-refractivity contribution >= 4 is 6.09 Å². The van der Waals surface area contributed by atoms with Gasteiger partial charge in [0.05, 0.1) is 0 Å². The minimum absolute atomic E-state index is 0.123. The Bertz CT molecular complexity index is 623. The molecule has 6 heteroatoms. The van der Waals surface area contributed by atoms with Gasteiger partial charge in [0.2, 0.25) is 0 Å². The van der Waals surface area contributed by atoms with E-state index in [1.807, 2.05) is 0 Å². The minimum atomic E-state index is -0.927. The molecule has 3 atom stereocenters. The first-order chi connectivity index (χ1) is 10.6. The summed E-state index contributed by atoms with van der Waals surface area (Å²) in [5.74, 6) is -1.14. The molecule has 2 fully saturated rings. The van der Waals surface area contributed by atoms with E-state index in [1.165, 1.54) is 17.0 Å². The fourth-order valence-corrected chi connectivity index (χ4v) is 3.47. The van der Waals surface area contributed by atoms with Crippen LogP contribution in [0.2, 0.25) is 0 Å². The molecule has 0 bridgehead atoms. The summed E-state index contributed by atoms with van der Waals surface area (Å²) in [6.07, 6.45) is -0.445. The summed E-state index contributed by atoms with van der Waals surface area (Å²) in [5, 5.41) is 10.2. The molecule has 1 saturated heterocycles. The fourth-order valence-electron chi connectivity index (χ4n) is 3.47. The van der Waals surface area contributed by atoms with Gasteiger partial charge in [-0.25, -0.2) is 13.6 Å². The second-order valence-corrected chi connectivity index (χ2v) is 7.54. The Morgan fingerprint density at radius 3 is 2.48 bits per heavy atom. The highest BCUT2D eigenvalue weighted by atomic mass is 19.1. The average molecular weight is 325 g/mol. The zero-order chi connectivity index (χ0) is 17.0. The van der Waals surface area contributed by atoms with Gasteiger partial charge in [-0.1, -0.05) is 0 Å². The Labute approximate surface area is 134 Å². The predicted molar refractivity (Wildman–Crippen MR) is 79.7 cm³/mol. The van der Waals surface area contributed by atoms with Gasteiger partial charge in [-0.05, 0) is 57.2 Å². The van der Waals surface area contributed by atoms with Crippen molar-refractivity contribution in [1.29, 1.82) is 0 Å². The molecule has 3 rings (SSSR count). The summed E-state index contributed by atoms with van der Waals surface area (Å²) in [6.45, 7) is 5.45. The monoisotopic (exact) mass is 325 g/mol. The molecule has 4 nitrogen and oxygen atoms in total. The number of carbonyl (C=O) groups is 1. The number of rotatable bonds is 1. The van der Waals surface area contributed by atoms with E-state index in [1.54, 1.807) is 20.8 Å². The number of amides is 1. The standard InChI is InChI=1S/C17H21F2NO3/c1-16(2,3)23-15(22)20-9-17(8-11(17)6-14(20)21)10-4-12(18)7-13(19)5-10/h4-5,7,11,14,21H,6,8-9H2,1-3H3. The summed E-state index contributed by atoms with van der Waals surface area (Å²) in [5.41, 5.74) is -0.616. The highest BCUT2D eigenvalue weighted by Gasteiger charge is 2.61. The number of carbonyl (C=O) groups excluding carboxylic acids is 1. The van der Waals surface area contributed by atoms with Crippen LogP contribution in [0, 0.1) is 17.6 Å². The number of benzene rings is 1. The number of likely N-dealkylation sites (tertiary alicyclic amines) is 1. The van der Waals surface area contributed by atoms with Gasteiger partial charge in [0.1, 0.15) is 23.5 Å². The second-order valence-electron chi connectivity index (χ2n) is 7.54. The Morgan fingerprint density at radius 2 is 1.91 bits per heavy atom. The fraction of sp³-hybridized carbons (Fsp3) is 0.588. The van der Waals surface area contributed by atoms with E-state index in [-0.39, 0.29) is 12.5 Å². The number of aliphatic hydroxyl groups excluding tert-OH is 1. The van der Waals surface area contributed by atoms with Gasteiger partial charge in [0, 0.05) is 18.0 Å². The molecule has 0 radical (unpaired) electrons. The van der Waals surface area contributed by atoms with E-state index < -0.39 is 35.0 Å². The van der Waals surface area contributed by atoms with E-state index in [9.17, 15) is 18.7 Å². The van der Waals surface area contributed by atoms with Gasteiger partial charge in [-0.15, -0.1) is 0 Å². The van der Waals surface area contributed by atoms with Gasteiger partial charge in [-0.3, -0.25) is 4.90 Å². The number of hydrogen-bond donors (Lipinski definition) is 1. The number of hydrogen-bond acceptors (Lipinski definition) is 3. The lowest BCUT2D eigenvalue weighted by molar-refractivity contribution is -0.0506. The van der Waals surface area contributed by atoms with Crippen LogP contribution in [0.15, 0.2) is 18.2 Å². The quantitative estimate of drug-likeness (QED) is 0.863. The normalized spacial score (nSPS) is 29.9. The summed E-state index contributed by atoms with van der Waals surface area (Å²) < 4.78 is 32.4. The van der Waals surface area contributed by atoms with Gasteiger partial charge in [0.25, 0.3) is 0 Å². The second kappa shape index (κ2) is 5.16. The van der Waals surface area contributed by atoms with E-state index in [0.717, 1.165) is 6.07 Å². The van der Waals surface area contributed by atoms with Gasteiger partial charge in [-0.2, -0.15) is 0 Å². The molecule has 1 aliphatic carbocycles. The van der Waals surface area contributed by atoms with E-state index >= 15 is 0 Å². The number of fused-ring (bicyclic) bond motifs is 1. The summed E-state index contributed by atoms with van der Waals surface area (Å²) in [6, 6.07) is 3.46. The van der Waals surface area contributed by atoms with Crippen molar-refractivity contribution < 1.29 is 23.4 Å². The first-order valence-electron chi connectivity index (χ1n) is 7.75. The van der Waals surface area contributed by atoms with Crippen molar-refractivity contribution in [2.45, 2.75) is 50.9 Å². The number of piperidine rings is 1.